The Hall–Kier alpha value is -0.660. The second kappa shape index (κ2) is 6.32. The molecule has 0 bridgehead atoms. The van der Waals surface area contributed by atoms with Gasteiger partial charge >= 0.3 is 5.97 Å². The minimum Gasteiger partial charge on any atom is -0.480 e. The van der Waals surface area contributed by atoms with Crippen LogP contribution in [0.25, 0.3) is 0 Å². The predicted octanol–water partition coefficient (Wildman–Crippen LogP) is 1.78. The molecule has 2 N–H and O–H groups in total. The van der Waals surface area contributed by atoms with Crippen LogP contribution in [-0.2, 0) is 4.79 Å². The molecule has 0 saturated carbocycles. The Morgan fingerprint density at radius 3 is 2.76 bits per heavy atom. The molecule has 0 aliphatic carbocycles. The van der Waals surface area contributed by atoms with E-state index in [0.29, 0.717) is 12.3 Å². The van der Waals surface area contributed by atoms with Crippen molar-refractivity contribution in [2.24, 2.45) is 0 Å². The van der Waals surface area contributed by atoms with Gasteiger partial charge in [-0.25, -0.2) is 0 Å². The monoisotopic (exact) mass is 275 g/mol. The van der Waals surface area contributed by atoms with Crippen molar-refractivity contribution >= 4 is 29.1 Å². The average molecular weight is 275 g/mol. The number of aryl methyl sites for hydroxylation is 1. The molecule has 5 nitrogen and oxygen atoms in total. The first-order valence-electron chi connectivity index (χ1n) is 5.39. The van der Waals surface area contributed by atoms with Crippen LogP contribution in [0.15, 0.2) is 4.34 Å². The van der Waals surface area contributed by atoms with Gasteiger partial charge in [-0.15, -0.1) is 10.2 Å². The molecule has 7 heteroatoms. The Morgan fingerprint density at radius 2 is 2.29 bits per heavy atom. The topological polar surface area (TPSA) is 75.1 Å². The van der Waals surface area contributed by atoms with Gasteiger partial charge in [0.1, 0.15) is 10.5 Å². The molecular weight excluding hydrogens is 258 g/mol. The zero-order chi connectivity index (χ0) is 12.9. The fraction of sp³-hybridized carbons (Fsp3) is 0.700. The van der Waals surface area contributed by atoms with E-state index in [2.05, 4.69) is 15.5 Å². The van der Waals surface area contributed by atoms with Crippen molar-refractivity contribution < 1.29 is 9.90 Å². The number of hydrogen-bond donors (Lipinski definition) is 2. The zero-order valence-electron chi connectivity index (χ0n) is 10.2. The van der Waals surface area contributed by atoms with Crippen LogP contribution >= 0.6 is 23.1 Å². The van der Waals surface area contributed by atoms with Crippen LogP contribution in [0.1, 0.15) is 25.3 Å². The van der Waals surface area contributed by atoms with Gasteiger partial charge in [0.05, 0.1) is 0 Å². The lowest BCUT2D eigenvalue weighted by molar-refractivity contribution is -0.143. The number of nitrogens with zero attached hydrogens (tertiary/aromatic N) is 2. The van der Waals surface area contributed by atoms with Crippen LogP contribution in [0.3, 0.4) is 0 Å². The maximum absolute atomic E-state index is 11.2. The van der Waals surface area contributed by atoms with E-state index in [9.17, 15) is 9.90 Å². The fourth-order valence-electron chi connectivity index (χ4n) is 1.13. The first-order chi connectivity index (χ1) is 7.98. The van der Waals surface area contributed by atoms with E-state index in [-0.39, 0.29) is 0 Å². The Balaban J connectivity index is 2.58. The lowest BCUT2D eigenvalue weighted by Crippen LogP contribution is -2.51. The minimum atomic E-state index is -0.916. The molecule has 1 rings (SSSR count). The number of carboxylic acids is 1. The summed E-state index contributed by atoms with van der Waals surface area (Å²) in [4.78, 5) is 11.2. The molecule has 0 aromatic carbocycles. The van der Waals surface area contributed by atoms with Gasteiger partial charge in [-0.05, 0) is 26.8 Å². The highest BCUT2D eigenvalue weighted by molar-refractivity contribution is 8.01. The molecule has 1 aromatic rings. The van der Waals surface area contributed by atoms with E-state index in [0.717, 1.165) is 15.8 Å². The first-order valence-corrected chi connectivity index (χ1v) is 7.19. The van der Waals surface area contributed by atoms with Gasteiger partial charge in [0.2, 0.25) is 0 Å². The van der Waals surface area contributed by atoms with Gasteiger partial charge in [-0.2, -0.15) is 0 Å². The molecule has 0 radical (unpaired) electrons. The molecule has 96 valence electrons. The zero-order valence-corrected chi connectivity index (χ0v) is 11.8. The largest absolute Gasteiger partial charge is 0.480 e. The number of hydrogen-bond acceptors (Lipinski definition) is 6. The Kier molecular flexibility index (Phi) is 5.35. The highest BCUT2D eigenvalue weighted by Gasteiger charge is 2.32. The number of nitrogens with one attached hydrogen (secondary N) is 1. The van der Waals surface area contributed by atoms with Crippen LogP contribution in [0, 0.1) is 6.92 Å². The predicted molar refractivity (Wildman–Crippen MR) is 69.7 cm³/mol. The van der Waals surface area contributed by atoms with E-state index in [1.807, 2.05) is 13.8 Å². The van der Waals surface area contributed by atoms with Crippen molar-refractivity contribution in [1.82, 2.24) is 15.5 Å². The van der Waals surface area contributed by atoms with Gasteiger partial charge in [0.25, 0.3) is 0 Å². The van der Waals surface area contributed by atoms with Crippen molar-refractivity contribution in [1.29, 1.82) is 0 Å². The summed E-state index contributed by atoms with van der Waals surface area (Å²) < 4.78 is 0.813. The Morgan fingerprint density at radius 1 is 1.59 bits per heavy atom. The van der Waals surface area contributed by atoms with E-state index >= 15 is 0 Å². The quantitative estimate of drug-likeness (QED) is 0.739. The molecule has 1 atom stereocenters. The fourth-order valence-corrected chi connectivity index (χ4v) is 3.06. The van der Waals surface area contributed by atoms with Crippen molar-refractivity contribution in [2.45, 2.75) is 37.1 Å². The SMILES string of the molecule is CCCNC(C)(CSc1nnc(C)s1)C(=O)O. The summed E-state index contributed by atoms with van der Waals surface area (Å²) in [6.45, 7) is 6.29. The van der Waals surface area contributed by atoms with Crippen LogP contribution in [-0.4, -0.2) is 39.1 Å². The van der Waals surface area contributed by atoms with Crippen molar-refractivity contribution in [3.63, 3.8) is 0 Å². The molecule has 0 saturated heterocycles. The van der Waals surface area contributed by atoms with E-state index in [1.54, 1.807) is 6.92 Å². The number of carboxylic acid groups (broad SMARTS) is 1. The summed E-state index contributed by atoms with van der Waals surface area (Å²) in [5, 5.41) is 21.1. The van der Waals surface area contributed by atoms with Crippen LogP contribution in [0.4, 0.5) is 0 Å². The number of thioether (sulfide) groups is 1. The summed E-state index contributed by atoms with van der Waals surface area (Å²) in [5.41, 5.74) is -0.916. The summed E-state index contributed by atoms with van der Waals surface area (Å²) >= 11 is 2.91. The molecule has 1 unspecified atom stereocenters. The normalized spacial score (nSPS) is 14.5. The molecule has 0 aliphatic rings. The smallest absolute Gasteiger partial charge is 0.324 e. The molecule has 0 amide bonds. The molecule has 1 aromatic heterocycles. The van der Waals surface area contributed by atoms with Gasteiger partial charge in [0, 0.05) is 5.75 Å². The van der Waals surface area contributed by atoms with Gasteiger partial charge in [-0.1, -0.05) is 30.0 Å². The molecule has 0 aliphatic heterocycles. The summed E-state index contributed by atoms with van der Waals surface area (Å²) in [6.07, 6.45) is 0.908. The second-order valence-electron chi connectivity index (χ2n) is 3.94. The maximum Gasteiger partial charge on any atom is 0.324 e. The number of aliphatic carboxylic acids is 1. The second-order valence-corrected chi connectivity index (χ2v) is 6.34. The lowest BCUT2D eigenvalue weighted by atomic mass is 10.1. The standard InChI is InChI=1S/C10H17N3O2S2/c1-4-5-11-10(3,8(14)15)6-16-9-13-12-7(2)17-9/h11H,4-6H2,1-3H3,(H,14,15). The van der Waals surface area contributed by atoms with Crippen LogP contribution in [0.2, 0.25) is 0 Å². The third-order valence-electron chi connectivity index (χ3n) is 2.23. The number of carbonyl (C=O) groups is 1. The third kappa shape index (κ3) is 4.25. The van der Waals surface area contributed by atoms with Crippen molar-refractivity contribution in [3.05, 3.63) is 5.01 Å². The van der Waals surface area contributed by atoms with Crippen LogP contribution < -0.4 is 5.32 Å². The molecule has 17 heavy (non-hydrogen) atoms. The van der Waals surface area contributed by atoms with E-state index in [4.69, 9.17) is 0 Å². The van der Waals surface area contributed by atoms with Crippen LogP contribution in [0.5, 0.6) is 0 Å². The molecule has 0 fully saturated rings. The summed E-state index contributed by atoms with van der Waals surface area (Å²) in [5.74, 6) is -0.392. The van der Waals surface area contributed by atoms with Gasteiger partial charge in [-0.3, -0.25) is 4.79 Å². The number of aromatic nitrogens is 2. The highest BCUT2D eigenvalue weighted by Crippen LogP contribution is 2.25. The Labute approximate surface area is 109 Å². The average Bonchev–Trinajstić information content (AvgIpc) is 2.69. The van der Waals surface area contributed by atoms with E-state index in [1.165, 1.54) is 23.1 Å². The lowest BCUT2D eigenvalue weighted by Gasteiger charge is -2.25. The summed E-state index contributed by atoms with van der Waals surface area (Å²) in [6, 6.07) is 0. The van der Waals surface area contributed by atoms with Gasteiger partial charge < -0.3 is 10.4 Å². The summed E-state index contributed by atoms with van der Waals surface area (Å²) in [7, 11) is 0. The van der Waals surface area contributed by atoms with E-state index < -0.39 is 11.5 Å². The molecule has 0 spiro atoms. The first kappa shape index (κ1) is 14.4. The van der Waals surface area contributed by atoms with Crippen molar-refractivity contribution in [3.8, 4) is 0 Å². The highest BCUT2D eigenvalue weighted by atomic mass is 32.2. The maximum atomic E-state index is 11.2. The third-order valence-corrected chi connectivity index (χ3v) is 4.52. The molecular formula is C10H17N3O2S2. The number of rotatable bonds is 7. The minimum absolute atomic E-state index is 0.441. The van der Waals surface area contributed by atoms with Crippen molar-refractivity contribution in [2.75, 3.05) is 12.3 Å². The molecule has 1 heterocycles. The van der Waals surface area contributed by atoms with Gasteiger partial charge in [0.15, 0.2) is 4.34 Å². The Bertz CT molecular complexity index is 383.